The van der Waals surface area contributed by atoms with Crippen molar-refractivity contribution >= 4 is 22.5 Å². The molecule has 0 radical (unpaired) electrons. The van der Waals surface area contributed by atoms with E-state index >= 15 is 0 Å². The second-order valence-corrected chi connectivity index (χ2v) is 8.14. The summed E-state index contributed by atoms with van der Waals surface area (Å²) in [6.45, 7) is 7.23. The number of anilines is 1. The molecule has 29 heavy (non-hydrogen) atoms. The molecule has 0 aliphatic carbocycles. The summed E-state index contributed by atoms with van der Waals surface area (Å²) < 4.78 is 5.47. The molecule has 150 valence electrons. The van der Waals surface area contributed by atoms with Gasteiger partial charge in [-0.3, -0.25) is 4.79 Å². The minimum Gasteiger partial charge on any atom is -0.378 e. The molecule has 0 unspecified atom stereocenters. The van der Waals surface area contributed by atoms with E-state index in [0.29, 0.717) is 0 Å². The van der Waals surface area contributed by atoms with E-state index < -0.39 is 0 Å². The number of hydrogen-bond acceptors (Lipinski definition) is 3. The number of nitrogens with one attached hydrogen (secondary N) is 1. The van der Waals surface area contributed by atoms with Crippen LogP contribution in [0.3, 0.4) is 0 Å². The smallest absolute Gasteiger partial charge is 0.220 e. The van der Waals surface area contributed by atoms with Crippen molar-refractivity contribution in [1.29, 1.82) is 0 Å². The first kappa shape index (κ1) is 18.3. The molecule has 2 aromatic carbocycles. The van der Waals surface area contributed by atoms with E-state index in [9.17, 15) is 4.79 Å². The number of morpholine rings is 1. The van der Waals surface area contributed by atoms with E-state index in [-0.39, 0.29) is 18.0 Å². The fraction of sp³-hybridized carbons (Fsp3) is 0.375. The lowest BCUT2D eigenvalue weighted by molar-refractivity contribution is -0.133. The Hall–Kier alpha value is -2.79. The molecule has 2 aliphatic heterocycles. The number of para-hydroxylation sites is 1. The summed E-state index contributed by atoms with van der Waals surface area (Å²) in [5, 5.41) is 1.27. The molecule has 1 fully saturated rings. The minimum atomic E-state index is -0.0858. The molecule has 2 atom stereocenters. The number of amides is 1. The van der Waals surface area contributed by atoms with Gasteiger partial charge in [0, 0.05) is 48.3 Å². The van der Waals surface area contributed by atoms with Gasteiger partial charge in [0.2, 0.25) is 5.91 Å². The summed E-state index contributed by atoms with van der Waals surface area (Å²) in [6.07, 6.45) is 0.876. The van der Waals surface area contributed by atoms with Gasteiger partial charge in [-0.05, 0) is 42.7 Å². The average Bonchev–Trinajstić information content (AvgIpc) is 3.11. The van der Waals surface area contributed by atoms with Gasteiger partial charge < -0.3 is 19.5 Å². The highest BCUT2D eigenvalue weighted by molar-refractivity contribution is 5.86. The zero-order valence-corrected chi connectivity index (χ0v) is 17.0. The molecule has 3 aromatic rings. The lowest BCUT2D eigenvalue weighted by atomic mass is 9.88. The van der Waals surface area contributed by atoms with E-state index in [1.165, 1.54) is 16.6 Å². The van der Waals surface area contributed by atoms with Gasteiger partial charge in [-0.1, -0.05) is 30.3 Å². The number of hydrogen-bond donors (Lipinski definition) is 1. The third-order valence-corrected chi connectivity index (χ3v) is 6.32. The first-order valence-corrected chi connectivity index (χ1v) is 10.4. The quantitative estimate of drug-likeness (QED) is 0.723. The number of carbonyl (C=O) groups excluding carboxylic acids is 1. The maximum atomic E-state index is 12.6. The van der Waals surface area contributed by atoms with Gasteiger partial charge in [0.25, 0.3) is 0 Å². The molecular weight excluding hydrogens is 362 g/mol. The van der Waals surface area contributed by atoms with Crippen molar-refractivity contribution < 1.29 is 9.53 Å². The molecule has 1 saturated heterocycles. The fourth-order valence-corrected chi connectivity index (χ4v) is 4.97. The number of ether oxygens (including phenoxy) is 1. The van der Waals surface area contributed by atoms with Crippen molar-refractivity contribution in [2.75, 3.05) is 31.2 Å². The van der Waals surface area contributed by atoms with Crippen LogP contribution in [0.4, 0.5) is 5.69 Å². The van der Waals surface area contributed by atoms with Crippen LogP contribution in [0, 0.1) is 0 Å². The van der Waals surface area contributed by atoms with Crippen LogP contribution in [0.5, 0.6) is 0 Å². The summed E-state index contributed by atoms with van der Waals surface area (Å²) in [5.74, 6) is 0.115. The number of rotatable bonds is 2. The number of aromatic nitrogens is 1. The molecule has 1 amide bonds. The van der Waals surface area contributed by atoms with E-state index in [2.05, 4.69) is 65.3 Å². The van der Waals surface area contributed by atoms with Gasteiger partial charge in [-0.2, -0.15) is 0 Å². The van der Waals surface area contributed by atoms with Crippen molar-refractivity contribution in [2.24, 2.45) is 0 Å². The first-order valence-electron chi connectivity index (χ1n) is 10.4. The zero-order valence-electron chi connectivity index (χ0n) is 17.0. The number of carbonyl (C=O) groups is 1. The van der Waals surface area contributed by atoms with Gasteiger partial charge in [0.15, 0.2) is 0 Å². The van der Waals surface area contributed by atoms with Crippen molar-refractivity contribution in [3.63, 3.8) is 0 Å². The normalized spacial score (nSPS) is 22.0. The van der Waals surface area contributed by atoms with Crippen molar-refractivity contribution in [3.8, 4) is 0 Å². The highest BCUT2D eigenvalue weighted by atomic mass is 16.5. The Bertz CT molecular complexity index is 1030. The van der Waals surface area contributed by atoms with Crippen LogP contribution in [-0.2, 0) is 16.0 Å². The number of aromatic amines is 1. The van der Waals surface area contributed by atoms with Crippen LogP contribution >= 0.6 is 0 Å². The van der Waals surface area contributed by atoms with Crippen molar-refractivity contribution in [3.05, 3.63) is 65.4 Å². The van der Waals surface area contributed by atoms with Crippen LogP contribution in [0.1, 0.15) is 36.7 Å². The van der Waals surface area contributed by atoms with Gasteiger partial charge in [0.1, 0.15) is 0 Å². The molecule has 5 rings (SSSR count). The molecule has 3 heterocycles. The van der Waals surface area contributed by atoms with E-state index in [4.69, 9.17) is 4.74 Å². The van der Waals surface area contributed by atoms with E-state index in [1.807, 2.05) is 4.90 Å². The van der Waals surface area contributed by atoms with E-state index in [0.717, 1.165) is 49.5 Å². The molecule has 1 N–H and O–H groups in total. The molecule has 0 saturated carbocycles. The predicted octanol–water partition coefficient (Wildman–Crippen LogP) is 3.89. The Morgan fingerprint density at radius 3 is 2.52 bits per heavy atom. The maximum absolute atomic E-state index is 12.6. The maximum Gasteiger partial charge on any atom is 0.220 e. The lowest BCUT2D eigenvalue weighted by Crippen LogP contribution is -2.45. The summed E-state index contributed by atoms with van der Waals surface area (Å²) >= 11 is 0. The predicted molar refractivity (Wildman–Crippen MR) is 115 cm³/mol. The number of fused-ring (bicyclic) bond motifs is 3. The molecule has 0 spiro atoms. The van der Waals surface area contributed by atoms with E-state index in [1.54, 1.807) is 6.92 Å². The number of H-pyrrole nitrogens is 1. The second-order valence-electron chi connectivity index (χ2n) is 8.14. The Balaban J connectivity index is 1.58. The highest BCUT2D eigenvalue weighted by Gasteiger charge is 2.37. The topological polar surface area (TPSA) is 48.6 Å². The standard InChI is InChI=1S/C24H27N3O2/c1-16-15-21-20-5-3-4-6-22(20)25-23(21)24(27(16)17(2)28)18-7-9-19(10-8-18)26-11-13-29-14-12-26/h3-10,16,24-25H,11-15H2,1-2H3/t16-,24-/m0/s1. The van der Waals surface area contributed by atoms with Crippen molar-refractivity contribution in [1.82, 2.24) is 9.88 Å². The highest BCUT2D eigenvalue weighted by Crippen LogP contribution is 2.41. The first-order chi connectivity index (χ1) is 14.1. The summed E-state index contributed by atoms with van der Waals surface area (Å²) in [6, 6.07) is 17.2. The third kappa shape index (κ3) is 3.10. The Labute approximate surface area is 171 Å². The minimum absolute atomic E-state index is 0.0858. The molecule has 5 heteroatoms. The molecule has 5 nitrogen and oxygen atoms in total. The summed E-state index contributed by atoms with van der Waals surface area (Å²) in [7, 11) is 0. The second kappa shape index (κ2) is 7.23. The Morgan fingerprint density at radius 2 is 1.79 bits per heavy atom. The van der Waals surface area contributed by atoms with Gasteiger partial charge >= 0.3 is 0 Å². The molecular formula is C24H27N3O2. The monoisotopic (exact) mass is 389 g/mol. The molecule has 0 bridgehead atoms. The third-order valence-electron chi connectivity index (χ3n) is 6.32. The van der Waals surface area contributed by atoms with Crippen LogP contribution < -0.4 is 4.90 Å². The largest absolute Gasteiger partial charge is 0.378 e. The van der Waals surface area contributed by atoms with Crippen molar-refractivity contribution in [2.45, 2.75) is 32.4 Å². The number of benzene rings is 2. The fourth-order valence-electron chi connectivity index (χ4n) is 4.97. The van der Waals surface area contributed by atoms with Gasteiger partial charge in [-0.25, -0.2) is 0 Å². The SMILES string of the molecule is CC(=O)N1[C@@H](c2ccc(N3CCOCC3)cc2)c2[nH]c3ccccc3c2C[C@@H]1C. The van der Waals surface area contributed by atoms with Gasteiger partial charge in [0.05, 0.1) is 19.3 Å². The Morgan fingerprint density at radius 1 is 1.07 bits per heavy atom. The average molecular weight is 389 g/mol. The molecule has 2 aliphatic rings. The Kier molecular flexibility index (Phi) is 4.55. The van der Waals surface area contributed by atoms with Crippen LogP contribution in [-0.4, -0.2) is 48.1 Å². The zero-order chi connectivity index (χ0) is 20.0. The van der Waals surface area contributed by atoms with Crippen LogP contribution in [0.15, 0.2) is 48.5 Å². The van der Waals surface area contributed by atoms with Crippen LogP contribution in [0.2, 0.25) is 0 Å². The van der Waals surface area contributed by atoms with Gasteiger partial charge in [-0.15, -0.1) is 0 Å². The number of nitrogens with zero attached hydrogens (tertiary/aromatic N) is 2. The van der Waals surface area contributed by atoms with Crippen LogP contribution in [0.25, 0.3) is 10.9 Å². The summed E-state index contributed by atoms with van der Waals surface area (Å²) in [4.78, 5) is 20.6. The lowest BCUT2D eigenvalue weighted by Gasteiger charge is -2.40. The molecule has 1 aromatic heterocycles. The summed E-state index contributed by atoms with van der Waals surface area (Å²) in [5.41, 5.74) is 6.00.